The summed E-state index contributed by atoms with van der Waals surface area (Å²) in [6.45, 7) is 2.03. The molecule has 10 heavy (non-hydrogen) atoms. The highest BCUT2D eigenvalue weighted by Crippen LogP contribution is 2.12. The van der Waals surface area contributed by atoms with E-state index in [1.165, 1.54) is 5.57 Å². The molecule has 0 fully saturated rings. The maximum atomic E-state index is 8.09. The number of allylic oxidation sites excluding steroid dienone is 2. The van der Waals surface area contributed by atoms with Gasteiger partial charge in [-0.2, -0.15) is 0 Å². The first-order valence-corrected chi connectivity index (χ1v) is 3.22. The molecule has 3 heteroatoms. The molecule has 0 aromatic carbocycles. The Labute approximate surface area is 59.7 Å². The van der Waals surface area contributed by atoms with E-state index in [1.54, 1.807) is 0 Å². The fourth-order valence-corrected chi connectivity index (χ4v) is 0.868. The molecule has 52 valence electrons. The number of hydrogen-bond donors (Lipinski definition) is 0. The summed E-state index contributed by atoms with van der Waals surface area (Å²) in [5, 5.41) is 3.57. The van der Waals surface area contributed by atoms with Gasteiger partial charge in [-0.3, -0.25) is 0 Å². The van der Waals surface area contributed by atoms with Crippen LogP contribution in [0.3, 0.4) is 0 Å². The van der Waals surface area contributed by atoms with Crippen LogP contribution in [0.5, 0.6) is 0 Å². The van der Waals surface area contributed by atoms with E-state index in [4.69, 9.17) is 5.53 Å². The predicted octanol–water partition coefficient (Wildman–Crippen LogP) is 2.57. The lowest BCUT2D eigenvalue weighted by molar-refractivity contribution is 0.809. The smallest absolute Gasteiger partial charge is 0.0592 e. The van der Waals surface area contributed by atoms with Crippen molar-refractivity contribution in [3.63, 3.8) is 0 Å². The van der Waals surface area contributed by atoms with Crippen molar-refractivity contribution >= 4 is 0 Å². The first kappa shape index (κ1) is 6.90. The monoisotopic (exact) mass is 135 g/mol. The minimum atomic E-state index is 0.0358. The van der Waals surface area contributed by atoms with Crippen LogP contribution in [0.25, 0.3) is 10.4 Å². The molecular formula is C7H9N3. The van der Waals surface area contributed by atoms with Gasteiger partial charge in [0.05, 0.1) is 6.04 Å². The first-order valence-electron chi connectivity index (χ1n) is 3.22. The molecule has 0 aliphatic heterocycles. The van der Waals surface area contributed by atoms with Gasteiger partial charge in [0.25, 0.3) is 0 Å². The Morgan fingerprint density at radius 2 is 2.60 bits per heavy atom. The van der Waals surface area contributed by atoms with Gasteiger partial charge >= 0.3 is 0 Å². The number of hydrogen-bond acceptors (Lipinski definition) is 1. The van der Waals surface area contributed by atoms with Crippen molar-refractivity contribution in [2.24, 2.45) is 5.11 Å². The average molecular weight is 135 g/mol. The summed E-state index contributed by atoms with van der Waals surface area (Å²) in [7, 11) is 0. The second-order valence-corrected chi connectivity index (χ2v) is 2.32. The summed E-state index contributed by atoms with van der Waals surface area (Å²) in [6.07, 6.45) is 6.81. The van der Waals surface area contributed by atoms with Crippen molar-refractivity contribution in [3.8, 4) is 0 Å². The Hall–Kier alpha value is -1.21. The van der Waals surface area contributed by atoms with Crippen molar-refractivity contribution in [2.45, 2.75) is 19.4 Å². The van der Waals surface area contributed by atoms with E-state index in [2.05, 4.69) is 16.1 Å². The maximum Gasteiger partial charge on any atom is 0.0592 e. The number of nitrogens with zero attached hydrogens (tertiary/aromatic N) is 3. The second-order valence-electron chi connectivity index (χ2n) is 2.32. The molecule has 1 aliphatic carbocycles. The van der Waals surface area contributed by atoms with Crippen molar-refractivity contribution in [3.05, 3.63) is 34.2 Å². The van der Waals surface area contributed by atoms with Gasteiger partial charge in [0.15, 0.2) is 0 Å². The van der Waals surface area contributed by atoms with Crippen LogP contribution in [0.4, 0.5) is 0 Å². The average Bonchev–Trinajstić information content (AvgIpc) is 1.95. The van der Waals surface area contributed by atoms with Crippen molar-refractivity contribution in [2.75, 3.05) is 0 Å². The fourth-order valence-electron chi connectivity index (χ4n) is 0.868. The molecule has 1 rings (SSSR count). The molecular weight excluding hydrogens is 126 g/mol. The highest BCUT2D eigenvalue weighted by Gasteiger charge is 2.02. The Kier molecular flexibility index (Phi) is 2.13. The van der Waals surface area contributed by atoms with Crippen molar-refractivity contribution in [1.82, 2.24) is 0 Å². The Bertz CT molecular complexity index is 221. The van der Waals surface area contributed by atoms with Crippen molar-refractivity contribution < 1.29 is 0 Å². The second kappa shape index (κ2) is 3.08. The highest BCUT2D eigenvalue weighted by molar-refractivity contribution is 5.22. The van der Waals surface area contributed by atoms with Crippen LogP contribution >= 0.6 is 0 Å². The standard InChI is InChI=1S/C7H9N3/c1-6-2-4-7(5-3-6)9-10-8/h2-4,7H,5H2,1H3. The van der Waals surface area contributed by atoms with Gasteiger partial charge < -0.3 is 0 Å². The lowest BCUT2D eigenvalue weighted by Crippen LogP contribution is -1.99. The molecule has 1 unspecified atom stereocenters. The zero-order chi connectivity index (χ0) is 7.40. The lowest BCUT2D eigenvalue weighted by Gasteiger charge is -2.06. The van der Waals surface area contributed by atoms with E-state index >= 15 is 0 Å². The zero-order valence-corrected chi connectivity index (χ0v) is 5.86. The summed E-state index contributed by atoms with van der Waals surface area (Å²) in [4.78, 5) is 2.73. The Balaban J connectivity index is 2.60. The van der Waals surface area contributed by atoms with Gasteiger partial charge in [-0.05, 0) is 18.9 Å². The van der Waals surface area contributed by atoms with Gasteiger partial charge in [-0.1, -0.05) is 28.9 Å². The normalized spacial score (nSPS) is 23.3. The number of rotatable bonds is 1. The van der Waals surface area contributed by atoms with Gasteiger partial charge in [0, 0.05) is 4.91 Å². The van der Waals surface area contributed by atoms with E-state index < -0.39 is 0 Å². The summed E-state index contributed by atoms with van der Waals surface area (Å²) in [5.74, 6) is 0. The SMILES string of the molecule is CC1=CCC(N=[N+]=[N-])C=C1. The molecule has 0 amide bonds. The van der Waals surface area contributed by atoms with Crippen LogP contribution in [-0.2, 0) is 0 Å². The molecule has 0 N–H and O–H groups in total. The minimum Gasteiger partial charge on any atom is -0.0862 e. The van der Waals surface area contributed by atoms with Gasteiger partial charge in [-0.15, -0.1) is 0 Å². The van der Waals surface area contributed by atoms with Crippen LogP contribution < -0.4 is 0 Å². The highest BCUT2D eigenvalue weighted by atomic mass is 15.1. The van der Waals surface area contributed by atoms with E-state index in [0.29, 0.717) is 0 Å². The summed E-state index contributed by atoms with van der Waals surface area (Å²) >= 11 is 0. The third-order valence-electron chi connectivity index (χ3n) is 1.46. The van der Waals surface area contributed by atoms with Crippen LogP contribution in [-0.4, -0.2) is 6.04 Å². The molecule has 0 aromatic rings. The molecule has 3 nitrogen and oxygen atoms in total. The van der Waals surface area contributed by atoms with Crippen LogP contribution in [0.15, 0.2) is 28.9 Å². The Morgan fingerprint density at radius 3 is 3.10 bits per heavy atom. The van der Waals surface area contributed by atoms with E-state index in [9.17, 15) is 0 Å². The molecule has 1 atom stereocenters. The summed E-state index contributed by atoms with van der Waals surface area (Å²) in [5.41, 5.74) is 9.33. The van der Waals surface area contributed by atoms with E-state index in [-0.39, 0.29) is 6.04 Å². The Morgan fingerprint density at radius 1 is 1.80 bits per heavy atom. The molecule has 0 radical (unpaired) electrons. The van der Waals surface area contributed by atoms with Gasteiger partial charge in [0.1, 0.15) is 0 Å². The largest absolute Gasteiger partial charge is 0.0862 e. The maximum absolute atomic E-state index is 8.09. The number of azide groups is 1. The van der Waals surface area contributed by atoms with Crippen LogP contribution in [0, 0.1) is 0 Å². The summed E-state index contributed by atoms with van der Waals surface area (Å²) in [6, 6.07) is 0.0358. The third-order valence-corrected chi connectivity index (χ3v) is 1.46. The predicted molar refractivity (Wildman–Crippen MR) is 40.4 cm³/mol. The molecule has 1 aliphatic rings. The molecule has 0 spiro atoms. The third kappa shape index (κ3) is 1.64. The lowest BCUT2D eigenvalue weighted by atomic mass is 10.1. The topological polar surface area (TPSA) is 48.8 Å². The van der Waals surface area contributed by atoms with Gasteiger partial charge in [0.2, 0.25) is 0 Å². The quantitative estimate of drug-likeness (QED) is 0.301. The molecule has 0 bridgehead atoms. The minimum absolute atomic E-state index is 0.0358. The van der Waals surface area contributed by atoms with E-state index in [0.717, 1.165) is 6.42 Å². The zero-order valence-electron chi connectivity index (χ0n) is 5.86. The van der Waals surface area contributed by atoms with Gasteiger partial charge in [-0.25, -0.2) is 0 Å². The fraction of sp³-hybridized carbons (Fsp3) is 0.429. The van der Waals surface area contributed by atoms with E-state index in [1.807, 2.05) is 19.1 Å². The first-order chi connectivity index (χ1) is 4.83. The van der Waals surface area contributed by atoms with Crippen molar-refractivity contribution in [1.29, 1.82) is 0 Å². The molecule has 0 heterocycles. The molecule has 0 aromatic heterocycles. The van der Waals surface area contributed by atoms with Crippen LogP contribution in [0.1, 0.15) is 13.3 Å². The summed E-state index contributed by atoms with van der Waals surface area (Å²) < 4.78 is 0. The molecule has 0 saturated carbocycles. The molecule has 0 saturated heterocycles. The van der Waals surface area contributed by atoms with Crippen LogP contribution in [0.2, 0.25) is 0 Å².